The summed E-state index contributed by atoms with van der Waals surface area (Å²) < 4.78 is 0. The third kappa shape index (κ3) is 2.12. The summed E-state index contributed by atoms with van der Waals surface area (Å²) in [6.07, 6.45) is 9.09. The number of aromatic amines is 1. The number of H-pyrrole nitrogens is 1. The summed E-state index contributed by atoms with van der Waals surface area (Å²) in [4.78, 5) is 8.22. The van der Waals surface area contributed by atoms with Crippen LogP contribution in [0.3, 0.4) is 0 Å². The van der Waals surface area contributed by atoms with Gasteiger partial charge in [-0.3, -0.25) is 0 Å². The van der Waals surface area contributed by atoms with Crippen LogP contribution in [0.25, 0.3) is 11.0 Å². The number of hydrogen-bond acceptors (Lipinski definition) is 2. The van der Waals surface area contributed by atoms with Gasteiger partial charge in [-0.25, -0.2) is 4.98 Å². The van der Waals surface area contributed by atoms with E-state index in [9.17, 15) is 0 Å². The zero-order valence-corrected chi connectivity index (χ0v) is 13.2. The monoisotopic (exact) mass is 298 g/mol. The van der Waals surface area contributed by atoms with Crippen LogP contribution in [0.5, 0.6) is 0 Å². The Bertz CT molecular complexity index is 606. The highest BCUT2D eigenvalue weighted by Gasteiger charge is 2.50. The molecule has 0 spiro atoms. The molecule has 1 N–H and O–H groups in total. The van der Waals surface area contributed by atoms with E-state index in [2.05, 4.69) is 29.2 Å². The maximum atomic E-state index is 4.74. The smallest absolute Gasteiger partial charge is 0.166 e. The van der Waals surface area contributed by atoms with Crippen LogP contribution in [-0.4, -0.2) is 15.7 Å². The van der Waals surface area contributed by atoms with Crippen LogP contribution < -0.4 is 0 Å². The maximum absolute atomic E-state index is 4.74. The van der Waals surface area contributed by atoms with Gasteiger partial charge in [-0.1, -0.05) is 23.9 Å². The Morgan fingerprint density at radius 2 is 1.71 bits per heavy atom. The molecule has 1 heterocycles. The summed E-state index contributed by atoms with van der Waals surface area (Å²) in [7, 11) is 0. The van der Waals surface area contributed by atoms with E-state index in [4.69, 9.17) is 4.98 Å². The van der Waals surface area contributed by atoms with Gasteiger partial charge in [0.25, 0.3) is 0 Å². The quantitative estimate of drug-likeness (QED) is 0.819. The summed E-state index contributed by atoms with van der Waals surface area (Å²) in [5.41, 5.74) is 2.91. The summed E-state index contributed by atoms with van der Waals surface area (Å²) in [5, 5.41) is 1.12. The van der Waals surface area contributed by atoms with Gasteiger partial charge in [-0.15, -0.1) is 0 Å². The molecule has 6 rings (SSSR count). The van der Waals surface area contributed by atoms with Gasteiger partial charge in [0.2, 0.25) is 0 Å². The lowest BCUT2D eigenvalue weighted by Gasteiger charge is -2.56. The first-order chi connectivity index (χ1) is 10.3. The molecule has 1 aromatic heterocycles. The standard InChI is InChI=1S/C18H22N2S/c1-2-4-16-15(3-1)19-17(20-16)21-11-18-8-12-5-13(9-18)7-14(6-12)10-18/h1-4,12-14H,5-11H2,(H,19,20). The van der Waals surface area contributed by atoms with Gasteiger partial charge in [0, 0.05) is 5.75 Å². The number of para-hydroxylation sites is 2. The van der Waals surface area contributed by atoms with Crippen molar-refractivity contribution in [1.29, 1.82) is 0 Å². The SMILES string of the molecule is c1ccc2[nH]c(SCC34CC5CC(CC(C5)C3)C4)nc2c1. The molecule has 0 aliphatic heterocycles. The fourth-order valence-corrected chi connectivity index (χ4v) is 6.83. The average molecular weight is 298 g/mol. The molecule has 0 radical (unpaired) electrons. The van der Waals surface area contributed by atoms with Crippen molar-refractivity contribution in [2.75, 3.05) is 5.75 Å². The van der Waals surface area contributed by atoms with Crippen LogP contribution >= 0.6 is 11.8 Å². The van der Waals surface area contributed by atoms with E-state index in [0.29, 0.717) is 5.41 Å². The Kier molecular flexibility index (Phi) is 2.70. The normalized spacial score (nSPS) is 37.4. The van der Waals surface area contributed by atoms with Crippen molar-refractivity contribution in [1.82, 2.24) is 9.97 Å². The number of rotatable bonds is 3. The number of nitrogens with zero attached hydrogens (tertiary/aromatic N) is 1. The van der Waals surface area contributed by atoms with Crippen LogP contribution in [0, 0.1) is 23.2 Å². The Morgan fingerprint density at radius 1 is 1.05 bits per heavy atom. The van der Waals surface area contributed by atoms with Crippen molar-refractivity contribution >= 4 is 22.8 Å². The molecule has 0 saturated heterocycles. The van der Waals surface area contributed by atoms with Crippen molar-refractivity contribution in [3.8, 4) is 0 Å². The highest BCUT2D eigenvalue weighted by molar-refractivity contribution is 7.99. The molecule has 110 valence electrons. The van der Waals surface area contributed by atoms with Crippen LogP contribution in [-0.2, 0) is 0 Å². The van der Waals surface area contributed by atoms with Gasteiger partial charge in [0.1, 0.15) is 0 Å². The fourth-order valence-electron chi connectivity index (χ4n) is 5.69. The van der Waals surface area contributed by atoms with Crippen LogP contribution in [0.1, 0.15) is 38.5 Å². The van der Waals surface area contributed by atoms with Crippen molar-refractivity contribution in [2.24, 2.45) is 23.2 Å². The summed E-state index contributed by atoms with van der Waals surface area (Å²) in [6, 6.07) is 8.36. The van der Waals surface area contributed by atoms with Gasteiger partial charge >= 0.3 is 0 Å². The lowest BCUT2D eigenvalue weighted by atomic mass is 9.50. The van der Waals surface area contributed by atoms with Crippen molar-refractivity contribution < 1.29 is 0 Å². The molecule has 21 heavy (non-hydrogen) atoms. The predicted octanol–water partition coefficient (Wildman–Crippen LogP) is 4.87. The zero-order chi connectivity index (χ0) is 13.9. The summed E-state index contributed by atoms with van der Waals surface area (Å²) in [5.74, 6) is 4.42. The third-order valence-electron chi connectivity index (χ3n) is 6.05. The second-order valence-corrected chi connectivity index (χ2v) is 8.73. The Labute approximate surface area is 130 Å². The number of hydrogen-bond donors (Lipinski definition) is 1. The van der Waals surface area contributed by atoms with Gasteiger partial charge in [0.15, 0.2) is 5.16 Å². The number of imidazole rings is 1. The van der Waals surface area contributed by atoms with Crippen molar-refractivity contribution in [3.05, 3.63) is 24.3 Å². The van der Waals surface area contributed by atoms with Gasteiger partial charge < -0.3 is 4.98 Å². The minimum absolute atomic E-state index is 0.637. The molecule has 0 unspecified atom stereocenters. The predicted molar refractivity (Wildman–Crippen MR) is 87.4 cm³/mol. The number of nitrogens with one attached hydrogen (secondary N) is 1. The number of thioether (sulfide) groups is 1. The highest BCUT2D eigenvalue weighted by atomic mass is 32.2. The first kappa shape index (κ1) is 12.6. The lowest BCUT2D eigenvalue weighted by molar-refractivity contribution is -0.0381. The molecule has 4 aliphatic carbocycles. The molecule has 3 heteroatoms. The van der Waals surface area contributed by atoms with Crippen LogP contribution in [0.2, 0.25) is 0 Å². The van der Waals surface area contributed by atoms with Crippen LogP contribution in [0.15, 0.2) is 29.4 Å². The fraction of sp³-hybridized carbons (Fsp3) is 0.611. The Balaban J connectivity index is 1.35. The van der Waals surface area contributed by atoms with Crippen molar-refractivity contribution in [3.63, 3.8) is 0 Å². The minimum atomic E-state index is 0.637. The first-order valence-corrected chi connectivity index (χ1v) is 9.34. The number of benzene rings is 1. The molecule has 0 amide bonds. The third-order valence-corrected chi connectivity index (χ3v) is 7.27. The van der Waals surface area contributed by atoms with E-state index in [0.717, 1.165) is 28.4 Å². The zero-order valence-electron chi connectivity index (χ0n) is 12.3. The van der Waals surface area contributed by atoms with E-state index in [1.807, 2.05) is 11.8 Å². The molecule has 1 aromatic carbocycles. The minimum Gasteiger partial charge on any atom is -0.333 e. The van der Waals surface area contributed by atoms with Gasteiger partial charge in [-0.2, -0.15) is 0 Å². The molecular formula is C18H22N2S. The second kappa shape index (κ2) is 4.52. The molecule has 4 aliphatic rings. The van der Waals surface area contributed by atoms with Crippen LogP contribution in [0.4, 0.5) is 0 Å². The molecular weight excluding hydrogens is 276 g/mol. The second-order valence-electron chi connectivity index (χ2n) is 7.77. The van der Waals surface area contributed by atoms with E-state index >= 15 is 0 Å². The van der Waals surface area contributed by atoms with E-state index in [-0.39, 0.29) is 0 Å². The molecule has 4 fully saturated rings. The van der Waals surface area contributed by atoms with E-state index < -0.39 is 0 Å². The Morgan fingerprint density at radius 3 is 2.38 bits per heavy atom. The number of fused-ring (bicyclic) bond motifs is 1. The molecule has 0 atom stereocenters. The molecule has 4 bridgehead atoms. The van der Waals surface area contributed by atoms with E-state index in [1.54, 1.807) is 0 Å². The molecule has 2 aromatic rings. The van der Waals surface area contributed by atoms with Gasteiger partial charge in [0.05, 0.1) is 11.0 Å². The maximum Gasteiger partial charge on any atom is 0.166 e. The first-order valence-electron chi connectivity index (χ1n) is 8.36. The highest BCUT2D eigenvalue weighted by Crippen LogP contribution is 2.61. The molecule has 2 nitrogen and oxygen atoms in total. The van der Waals surface area contributed by atoms with Gasteiger partial charge in [-0.05, 0) is 73.8 Å². The molecule has 4 saturated carbocycles. The largest absolute Gasteiger partial charge is 0.333 e. The Hall–Kier alpha value is -0.960. The summed E-state index contributed by atoms with van der Waals surface area (Å²) in [6.45, 7) is 0. The topological polar surface area (TPSA) is 28.7 Å². The lowest BCUT2D eigenvalue weighted by Crippen LogP contribution is -2.47. The van der Waals surface area contributed by atoms with E-state index in [1.165, 1.54) is 49.8 Å². The number of aromatic nitrogens is 2. The van der Waals surface area contributed by atoms with Crippen molar-refractivity contribution in [2.45, 2.75) is 43.7 Å². The average Bonchev–Trinajstić information content (AvgIpc) is 2.87. The summed E-state index contributed by atoms with van der Waals surface area (Å²) >= 11 is 1.97.